The van der Waals surface area contributed by atoms with E-state index in [9.17, 15) is 0 Å². The first kappa shape index (κ1) is 13.9. The zero-order chi connectivity index (χ0) is 14.3. The van der Waals surface area contributed by atoms with Crippen LogP contribution in [0.25, 0.3) is 0 Å². The van der Waals surface area contributed by atoms with Gasteiger partial charge in [0.1, 0.15) is 0 Å². The van der Waals surface area contributed by atoms with Gasteiger partial charge >= 0.3 is 0 Å². The Morgan fingerprint density at radius 2 is 2.20 bits per heavy atom. The van der Waals surface area contributed by atoms with E-state index in [1.165, 1.54) is 31.6 Å². The van der Waals surface area contributed by atoms with Gasteiger partial charge in [-0.3, -0.25) is 4.90 Å². The molecule has 2 aliphatic heterocycles. The monoisotopic (exact) mass is 278 g/mol. The number of aromatic nitrogens is 2. The highest BCUT2D eigenvalue weighted by Crippen LogP contribution is 2.36. The first-order valence-corrected chi connectivity index (χ1v) is 7.66. The van der Waals surface area contributed by atoms with Gasteiger partial charge in [0.25, 0.3) is 0 Å². The minimum Gasteiger partial charge on any atom is -0.481 e. The molecule has 0 amide bonds. The summed E-state index contributed by atoms with van der Waals surface area (Å²) in [5.41, 5.74) is 2.34. The molecule has 3 atom stereocenters. The van der Waals surface area contributed by atoms with Crippen LogP contribution in [0.4, 0.5) is 0 Å². The molecule has 1 aromatic heterocycles. The summed E-state index contributed by atoms with van der Waals surface area (Å²) < 4.78 is 7.38. The maximum absolute atomic E-state index is 5.53. The highest BCUT2D eigenvalue weighted by atomic mass is 16.5. The Morgan fingerprint density at radius 1 is 1.40 bits per heavy atom. The van der Waals surface area contributed by atoms with Crippen molar-refractivity contribution in [3.05, 3.63) is 11.3 Å². The lowest BCUT2D eigenvalue weighted by Gasteiger charge is -2.26. The molecule has 3 rings (SSSR count). The van der Waals surface area contributed by atoms with Crippen molar-refractivity contribution in [2.75, 3.05) is 26.7 Å². The summed E-state index contributed by atoms with van der Waals surface area (Å²) in [6.07, 6.45) is 1.23. The normalized spacial score (nSPS) is 29.9. The molecular formula is C15H26N4O. The Labute approximate surface area is 121 Å². The Hall–Kier alpha value is -1.07. The first-order valence-electron chi connectivity index (χ1n) is 7.66. The van der Waals surface area contributed by atoms with E-state index in [0.29, 0.717) is 6.04 Å². The highest BCUT2D eigenvalue weighted by Gasteiger charge is 2.43. The van der Waals surface area contributed by atoms with E-state index in [0.717, 1.165) is 30.0 Å². The van der Waals surface area contributed by atoms with Crippen molar-refractivity contribution in [3.63, 3.8) is 0 Å². The Kier molecular flexibility index (Phi) is 3.73. The largest absolute Gasteiger partial charge is 0.481 e. The van der Waals surface area contributed by atoms with Crippen LogP contribution in [-0.2, 0) is 13.6 Å². The van der Waals surface area contributed by atoms with Crippen molar-refractivity contribution < 1.29 is 4.74 Å². The predicted molar refractivity (Wildman–Crippen MR) is 78.8 cm³/mol. The Balaban J connectivity index is 1.81. The van der Waals surface area contributed by atoms with Crippen LogP contribution in [0.15, 0.2) is 0 Å². The maximum atomic E-state index is 5.53. The molecule has 3 unspecified atom stereocenters. The molecule has 0 spiro atoms. The van der Waals surface area contributed by atoms with Crippen LogP contribution < -0.4 is 10.1 Å². The lowest BCUT2D eigenvalue weighted by atomic mass is 9.93. The fourth-order valence-corrected chi connectivity index (χ4v) is 4.18. The number of ether oxygens (including phenoxy) is 1. The molecular weight excluding hydrogens is 252 g/mol. The average molecular weight is 278 g/mol. The molecule has 0 saturated carbocycles. The zero-order valence-electron chi connectivity index (χ0n) is 13.0. The van der Waals surface area contributed by atoms with E-state index in [1.54, 1.807) is 7.11 Å². The Bertz CT molecular complexity index is 484. The molecule has 0 aliphatic carbocycles. The molecule has 112 valence electrons. The molecule has 5 nitrogen and oxygen atoms in total. The molecule has 1 N–H and O–H groups in total. The van der Waals surface area contributed by atoms with E-state index in [-0.39, 0.29) is 0 Å². The van der Waals surface area contributed by atoms with Crippen molar-refractivity contribution in [1.29, 1.82) is 0 Å². The first-order chi connectivity index (χ1) is 9.65. The highest BCUT2D eigenvalue weighted by molar-refractivity contribution is 5.31. The maximum Gasteiger partial charge on any atom is 0.216 e. The van der Waals surface area contributed by atoms with E-state index in [4.69, 9.17) is 4.74 Å². The molecule has 0 radical (unpaired) electrons. The number of fused-ring (bicyclic) bond motifs is 1. The number of methoxy groups -OCH3 is 1. The fraction of sp³-hybridized carbons (Fsp3) is 0.800. The third-order valence-corrected chi connectivity index (χ3v) is 5.09. The molecule has 2 fully saturated rings. The number of nitrogens with one attached hydrogen (secondary N) is 1. The summed E-state index contributed by atoms with van der Waals surface area (Å²) in [5, 5.41) is 8.04. The standard InChI is InChI=1S/C15H26N4O/c1-5-14-12-7-16-6-11(12)8-19(14)9-13-10(2)17-18(3)15(13)20-4/h11-12,14,16H,5-9H2,1-4H3. The van der Waals surface area contributed by atoms with Crippen LogP contribution in [0, 0.1) is 18.8 Å². The van der Waals surface area contributed by atoms with Crippen molar-refractivity contribution in [2.24, 2.45) is 18.9 Å². The van der Waals surface area contributed by atoms with Crippen LogP contribution >= 0.6 is 0 Å². The molecule has 2 saturated heterocycles. The van der Waals surface area contributed by atoms with Gasteiger partial charge in [0, 0.05) is 26.2 Å². The van der Waals surface area contributed by atoms with Crippen molar-refractivity contribution in [1.82, 2.24) is 20.0 Å². The minimum atomic E-state index is 0.694. The summed E-state index contributed by atoms with van der Waals surface area (Å²) in [4.78, 5) is 2.64. The van der Waals surface area contributed by atoms with Crippen LogP contribution in [0.1, 0.15) is 24.6 Å². The van der Waals surface area contributed by atoms with Crippen LogP contribution in [-0.4, -0.2) is 47.5 Å². The number of likely N-dealkylation sites (tertiary alicyclic amines) is 1. The van der Waals surface area contributed by atoms with Crippen LogP contribution in [0.2, 0.25) is 0 Å². The SMILES string of the molecule is CCC1C2CNCC2CN1Cc1c(C)nn(C)c1OC. The van der Waals surface area contributed by atoms with Gasteiger partial charge < -0.3 is 10.1 Å². The summed E-state index contributed by atoms with van der Waals surface area (Å²) in [5.74, 6) is 2.55. The van der Waals surface area contributed by atoms with Gasteiger partial charge in [0.05, 0.1) is 18.4 Å². The van der Waals surface area contributed by atoms with E-state index >= 15 is 0 Å². The second-order valence-corrected chi connectivity index (χ2v) is 6.18. The molecule has 0 bridgehead atoms. The molecule has 5 heteroatoms. The van der Waals surface area contributed by atoms with E-state index in [1.807, 2.05) is 11.7 Å². The lowest BCUT2D eigenvalue weighted by Crippen LogP contribution is -2.34. The van der Waals surface area contributed by atoms with Gasteiger partial charge in [-0.25, -0.2) is 4.68 Å². The lowest BCUT2D eigenvalue weighted by molar-refractivity contribution is 0.207. The van der Waals surface area contributed by atoms with Crippen LogP contribution in [0.3, 0.4) is 0 Å². The summed E-state index contributed by atoms with van der Waals surface area (Å²) in [6.45, 7) is 8.93. The second-order valence-electron chi connectivity index (χ2n) is 6.18. The minimum absolute atomic E-state index is 0.694. The summed E-state index contributed by atoms with van der Waals surface area (Å²) in [6, 6.07) is 0.694. The average Bonchev–Trinajstić information content (AvgIpc) is 3.04. The van der Waals surface area contributed by atoms with Crippen molar-refractivity contribution in [2.45, 2.75) is 32.9 Å². The quantitative estimate of drug-likeness (QED) is 0.898. The third-order valence-electron chi connectivity index (χ3n) is 5.09. The van der Waals surface area contributed by atoms with Crippen LogP contribution in [0.5, 0.6) is 5.88 Å². The van der Waals surface area contributed by atoms with Crippen molar-refractivity contribution in [3.8, 4) is 5.88 Å². The molecule has 1 aromatic rings. The number of nitrogens with zero attached hydrogens (tertiary/aromatic N) is 3. The molecule has 0 aromatic carbocycles. The predicted octanol–water partition coefficient (Wildman–Crippen LogP) is 1.17. The Morgan fingerprint density at radius 3 is 2.90 bits per heavy atom. The molecule has 2 aliphatic rings. The fourth-order valence-electron chi connectivity index (χ4n) is 4.18. The summed E-state index contributed by atoms with van der Waals surface area (Å²) in [7, 11) is 3.69. The van der Waals surface area contributed by atoms with Gasteiger partial charge in [0.15, 0.2) is 0 Å². The molecule has 20 heavy (non-hydrogen) atoms. The topological polar surface area (TPSA) is 42.3 Å². The number of rotatable bonds is 4. The van der Waals surface area contributed by atoms with E-state index < -0.39 is 0 Å². The number of aryl methyl sites for hydroxylation is 2. The zero-order valence-corrected chi connectivity index (χ0v) is 13.0. The molecule has 3 heterocycles. The van der Waals surface area contributed by atoms with Crippen molar-refractivity contribution >= 4 is 0 Å². The number of hydrogen-bond acceptors (Lipinski definition) is 4. The number of hydrogen-bond donors (Lipinski definition) is 1. The van der Waals surface area contributed by atoms with Gasteiger partial charge in [-0.1, -0.05) is 6.92 Å². The second kappa shape index (κ2) is 5.37. The van der Waals surface area contributed by atoms with Gasteiger partial charge in [-0.05, 0) is 38.3 Å². The van der Waals surface area contributed by atoms with Gasteiger partial charge in [-0.2, -0.15) is 5.10 Å². The summed E-state index contributed by atoms with van der Waals surface area (Å²) >= 11 is 0. The van der Waals surface area contributed by atoms with Gasteiger partial charge in [-0.15, -0.1) is 0 Å². The third kappa shape index (κ3) is 2.13. The van der Waals surface area contributed by atoms with E-state index in [2.05, 4.69) is 29.2 Å². The van der Waals surface area contributed by atoms with Gasteiger partial charge in [0.2, 0.25) is 5.88 Å². The smallest absolute Gasteiger partial charge is 0.216 e.